The summed E-state index contributed by atoms with van der Waals surface area (Å²) < 4.78 is 5.41. The molecule has 0 bridgehead atoms. The number of nitrogens with zero attached hydrogens (tertiary/aromatic N) is 2. The van der Waals surface area contributed by atoms with Crippen LogP contribution in [0, 0.1) is 11.3 Å². The van der Waals surface area contributed by atoms with Crippen LogP contribution in [-0.4, -0.2) is 11.6 Å². The number of hydrogen-bond donors (Lipinski definition) is 0. The summed E-state index contributed by atoms with van der Waals surface area (Å²) in [6.45, 7) is 4.26. The molecular weight excluding hydrogens is 176 g/mol. The monoisotopic (exact) mass is 188 g/mol. The highest BCUT2D eigenvalue weighted by molar-refractivity contribution is 5.29. The maximum absolute atomic E-state index is 8.59. The SMILES string of the molecule is C=CCCCOc1ccnc(C#N)c1. The molecule has 3 heteroatoms. The summed E-state index contributed by atoms with van der Waals surface area (Å²) in [5, 5.41) is 8.59. The molecule has 72 valence electrons. The van der Waals surface area contributed by atoms with Crippen molar-refractivity contribution < 1.29 is 4.74 Å². The van der Waals surface area contributed by atoms with Crippen LogP contribution in [0.4, 0.5) is 0 Å². The summed E-state index contributed by atoms with van der Waals surface area (Å²) in [5.41, 5.74) is 0.381. The Labute approximate surface area is 83.7 Å². The van der Waals surface area contributed by atoms with E-state index in [1.165, 1.54) is 0 Å². The average Bonchev–Trinajstić information content (AvgIpc) is 2.25. The predicted molar refractivity (Wildman–Crippen MR) is 53.9 cm³/mol. The van der Waals surface area contributed by atoms with Crippen LogP contribution in [0.2, 0.25) is 0 Å². The molecule has 0 aliphatic carbocycles. The lowest BCUT2D eigenvalue weighted by Gasteiger charge is -2.04. The van der Waals surface area contributed by atoms with Crippen molar-refractivity contribution in [1.82, 2.24) is 4.98 Å². The second kappa shape index (κ2) is 5.76. The minimum absolute atomic E-state index is 0.381. The maximum Gasteiger partial charge on any atom is 0.144 e. The van der Waals surface area contributed by atoms with E-state index < -0.39 is 0 Å². The molecule has 0 aromatic carbocycles. The van der Waals surface area contributed by atoms with Gasteiger partial charge in [0.1, 0.15) is 17.5 Å². The van der Waals surface area contributed by atoms with Gasteiger partial charge in [0.2, 0.25) is 0 Å². The zero-order valence-corrected chi connectivity index (χ0v) is 7.94. The summed E-state index contributed by atoms with van der Waals surface area (Å²) in [4.78, 5) is 3.85. The smallest absolute Gasteiger partial charge is 0.144 e. The Kier molecular flexibility index (Phi) is 4.22. The lowest BCUT2D eigenvalue weighted by Crippen LogP contribution is -1.97. The Morgan fingerprint density at radius 1 is 1.64 bits per heavy atom. The molecule has 0 spiro atoms. The Morgan fingerprint density at radius 2 is 2.50 bits per heavy atom. The molecule has 14 heavy (non-hydrogen) atoms. The molecule has 0 saturated heterocycles. The third-order valence-corrected chi connectivity index (χ3v) is 1.67. The number of pyridine rings is 1. The third kappa shape index (κ3) is 3.28. The zero-order chi connectivity index (χ0) is 10.2. The largest absolute Gasteiger partial charge is 0.493 e. The van der Waals surface area contributed by atoms with E-state index in [-0.39, 0.29) is 0 Å². The van der Waals surface area contributed by atoms with Crippen molar-refractivity contribution in [2.24, 2.45) is 0 Å². The summed E-state index contributed by atoms with van der Waals surface area (Å²) in [5.74, 6) is 0.695. The van der Waals surface area contributed by atoms with Gasteiger partial charge in [-0.2, -0.15) is 5.26 Å². The average molecular weight is 188 g/mol. The Balaban J connectivity index is 2.43. The molecule has 1 aromatic rings. The van der Waals surface area contributed by atoms with Crippen LogP contribution in [0.3, 0.4) is 0 Å². The summed E-state index contributed by atoms with van der Waals surface area (Å²) in [6.07, 6.45) is 5.31. The van der Waals surface area contributed by atoms with E-state index in [9.17, 15) is 0 Å². The lowest BCUT2D eigenvalue weighted by molar-refractivity contribution is 0.311. The molecule has 3 nitrogen and oxygen atoms in total. The third-order valence-electron chi connectivity index (χ3n) is 1.67. The first kappa shape index (κ1) is 10.3. The number of ether oxygens (including phenoxy) is 1. The fraction of sp³-hybridized carbons (Fsp3) is 0.273. The van der Waals surface area contributed by atoms with E-state index in [2.05, 4.69) is 11.6 Å². The maximum atomic E-state index is 8.59. The van der Waals surface area contributed by atoms with Gasteiger partial charge in [-0.3, -0.25) is 0 Å². The number of unbranched alkanes of at least 4 members (excludes halogenated alkanes) is 1. The van der Waals surface area contributed by atoms with Gasteiger partial charge >= 0.3 is 0 Å². The van der Waals surface area contributed by atoms with Crippen LogP contribution in [0.5, 0.6) is 5.75 Å². The van der Waals surface area contributed by atoms with Crippen molar-refractivity contribution in [3.63, 3.8) is 0 Å². The van der Waals surface area contributed by atoms with Gasteiger partial charge in [-0.1, -0.05) is 6.08 Å². The van der Waals surface area contributed by atoms with Crippen LogP contribution < -0.4 is 4.74 Å². The first-order valence-corrected chi connectivity index (χ1v) is 4.46. The highest BCUT2D eigenvalue weighted by atomic mass is 16.5. The second-order valence-corrected chi connectivity index (χ2v) is 2.77. The lowest BCUT2D eigenvalue weighted by atomic mass is 10.3. The van der Waals surface area contributed by atoms with Crippen LogP contribution in [0.15, 0.2) is 31.0 Å². The van der Waals surface area contributed by atoms with Crippen molar-refractivity contribution in [3.8, 4) is 11.8 Å². The first-order chi connectivity index (χ1) is 6.86. The number of allylic oxidation sites excluding steroid dienone is 1. The van der Waals surface area contributed by atoms with Crippen LogP contribution in [-0.2, 0) is 0 Å². The molecule has 0 N–H and O–H groups in total. The van der Waals surface area contributed by atoms with E-state index in [1.54, 1.807) is 18.3 Å². The summed E-state index contributed by atoms with van der Waals surface area (Å²) >= 11 is 0. The molecule has 1 aromatic heterocycles. The molecule has 0 amide bonds. The zero-order valence-electron chi connectivity index (χ0n) is 7.94. The van der Waals surface area contributed by atoms with Crippen molar-refractivity contribution in [2.75, 3.05) is 6.61 Å². The van der Waals surface area contributed by atoms with Crippen LogP contribution in [0.25, 0.3) is 0 Å². The van der Waals surface area contributed by atoms with Crippen molar-refractivity contribution in [1.29, 1.82) is 5.26 Å². The van der Waals surface area contributed by atoms with Crippen LogP contribution >= 0.6 is 0 Å². The van der Waals surface area contributed by atoms with E-state index >= 15 is 0 Å². The molecular formula is C11H12N2O. The fourth-order valence-electron chi connectivity index (χ4n) is 0.980. The molecule has 0 atom stereocenters. The molecule has 0 aliphatic heterocycles. The topological polar surface area (TPSA) is 45.9 Å². The van der Waals surface area contributed by atoms with E-state index in [4.69, 9.17) is 10.00 Å². The summed E-state index contributed by atoms with van der Waals surface area (Å²) in [6, 6.07) is 5.34. The molecule has 0 unspecified atom stereocenters. The van der Waals surface area contributed by atoms with Gasteiger partial charge in [-0.05, 0) is 18.9 Å². The number of aromatic nitrogens is 1. The quantitative estimate of drug-likeness (QED) is 0.526. The van der Waals surface area contributed by atoms with Gasteiger partial charge in [-0.15, -0.1) is 6.58 Å². The van der Waals surface area contributed by atoms with Gasteiger partial charge in [0.15, 0.2) is 0 Å². The van der Waals surface area contributed by atoms with Gasteiger partial charge < -0.3 is 4.74 Å². The highest BCUT2D eigenvalue weighted by Crippen LogP contribution is 2.10. The number of hydrogen-bond acceptors (Lipinski definition) is 3. The molecule has 0 aliphatic rings. The second-order valence-electron chi connectivity index (χ2n) is 2.77. The first-order valence-electron chi connectivity index (χ1n) is 4.46. The van der Waals surface area contributed by atoms with Gasteiger partial charge in [0.25, 0.3) is 0 Å². The number of rotatable bonds is 5. The summed E-state index contributed by atoms with van der Waals surface area (Å²) in [7, 11) is 0. The van der Waals surface area contributed by atoms with Gasteiger partial charge in [-0.25, -0.2) is 4.98 Å². The van der Waals surface area contributed by atoms with Gasteiger partial charge in [0.05, 0.1) is 6.61 Å². The molecule has 0 saturated carbocycles. The van der Waals surface area contributed by atoms with Crippen LogP contribution in [0.1, 0.15) is 18.5 Å². The van der Waals surface area contributed by atoms with E-state index in [0.717, 1.165) is 12.8 Å². The Morgan fingerprint density at radius 3 is 3.21 bits per heavy atom. The fourth-order valence-corrected chi connectivity index (χ4v) is 0.980. The predicted octanol–water partition coefficient (Wildman–Crippen LogP) is 2.30. The molecule has 0 radical (unpaired) electrons. The molecule has 1 rings (SSSR count). The minimum Gasteiger partial charge on any atom is -0.493 e. The molecule has 0 fully saturated rings. The normalized spacial score (nSPS) is 9.07. The molecule has 1 heterocycles. The van der Waals surface area contributed by atoms with Crippen molar-refractivity contribution >= 4 is 0 Å². The Hall–Kier alpha value is -1.82. The van der Waals surface area contributed by atoms with Crippen molar-refractivity contribution in [2.45, 2.75) is 12.8 Å². The highest BCUT2D eigenvalue weighted by Gasteiger charge is 1.96. The Bertz CT molecular complexity index is 341. The van der Waals surface area contributed by atoms with Gasteiger partial charge in [0, 0.05) is 12.3 Å². The number of nitriles is 1. The minimum atomic E-state index is 0.381. The van der Waals surface area contributed by atoms with Crippen molar-refractivity contribution in [3.05, 3.63) is 36.7 Å². The van der Waals surface area contributed by atoms with E-state index in [1.807, 2.05) is 12.1 Å². The van der Waals surface area contributed by atoms with E-state index in [0.29, 0.717) is 18.1 Å². The standard InChI is InChI=1S/C11H12N2O/c1-2-3-4-7-14-11-5-6-13-10(8-11)9-12/h2,5-6,8H,1,3-4,7H2.